The number of fused-ring (bicyclic) bond motifs is 1. The SMILES string of the molecule is Cc1cc(C)cc(C(NN)c2nn(C)c3ccccc23)c1. The van der Waals surface area contributed by atoms with Crippen LogP contribution in [0, 0.1) is 13.8 Å². The molecule has 0 saturated carbocycles. The van der Waals surface area contributed by atoms with Gasteiger partial charge in [0.2, 0.25) is 0 Å². The summed E-state index contributed by atoms with van der Waals surface area (Å²) in [6.07, 6.45) is 0. The number of hydrazine groups is 1. The van der Waals surface area contributed by atoms with Gasteiger partial charge < -0.3 is 0 Å². The Hall–Kier alpha value is -2.17. The van der Waals surface area contributed by atoms with E-state index in [9.17, 15) is 0 Å². The number of nitrogens with zero attached hydrogens (tertiary/aromatic N) is 2. The van der Waals surface area contributed by atoms with Crippen LogP contribution in [0.4, 0.5) is 0 Å². The maximum atomic E-state index is 5.84. The van der Waals surface area contributed by atoms with E-state index in [1.165, 1.54) is 11.1 Å². The highest BCUT2D eigenvalue weighted by Gasteiger charge is 2.20. The maximum Gasteiger partial charge on any atom is 0.0930 e. The molecule has 4 heteroatoms. The fourth-order valence-corrected chi connectivity index (χ4v) is 2.96. The Morgan fingerprint density at radius 1 is 1.10 bits per heavy atom. The molecule has 3 aromatic rings. The summed E-state index contributed by atoms with van der Waals surface area (Å²) in [6, 6.07) is 14.6. The van der Waals surface area contributed by atoms with E-state index in [0.717, 1.165) is 22.2 Å². The molecule has 3 N–H and O–H groups in total. The van der Waals surface area contributed by atoms with Crippen LogP contribution in [0.25, 0.3) is 10.9 Å². The summed E-state index contributed by atoms with van der Waals surface area (Å²) in [5.41, 5.74) is 8.58. The van der Waals surface area contributed by atoms with E-state index in [-0.39, 0.29) is 6.04 Å². The van der Waals surface area contributed by atoms with Crippen LogP contribution in [0.2, 0.25) is 0 Å². The average molecular weight is 280 g/mol. The Kier molecular flexibility index (Phi) is 3.49. The van der Waals surface area contributed by atoms with Crippen LogP contribution in [0.3, 0.4) is 0 Å². The standard InChI is InChI=1S/C17H20N4/c1-11-8-12(2)10-13(9-11)16(19-18)17-14-6-4-5-7-15(14)21(3)20-17/h4-10,16,19H,18H2,1-3H3. The zero-order valence-electron chi connectivity index (χ0n) is 12.6. The summed E-state index contributed by atoms with van der Waals surface area (Å²) in [5.74, 6) is 5.84. The van der Waals surface area contributed by atoms with Gasteiger partial charge in [-0.2, -0.15) is 5.10 Å². The molecule has 1 heterocycles. The van der Waals surface area contributed by atoms with Crippen molar-refractivity contribution in [1.29, 1.82) is 0 Å². The highest BCUT2D eigenvalue weighted by Crippen LogP contribution is 2.28. The topological polar surface area (TPSA) is 55.9 Å². The number of aryl methyl sites for hydroxylation is 3. The Morgan fingerprint density at radius 3 is 2.43 bits per heavy atom. The Bertz CT molecular complexity index is 768. The van der Waals surface area contributed by atoms with Gasteiger partial charge >= 0.3 is 0 Å². The summed E-state index contributed by atoms with van der Waals surface area (Å²) >= 11 is 0. The van der Waals surface area contributed by atoms with E-state index in [1.54, 1.807) is 0 Å². The minimum Gasteiger partial charge on any atom is -0.271 e. The predicted octanol–water partition coefficient (Wildman–Crippen LogP) is 2.74. The van der Waals surface area contributed by atoms with Gasteiger partial charge in [-0.25, -0.2) is 5.43 Å². The monoisotopic (exact) mass is 280 g/mol. The Labute approximate surface area is 124 Å². The largest absolute Gasteiger partial charge is 0.271 e. The van der Waals surface area contributed by atoms with Crippen LogP contribution in [-0.2, 0) is 7.05 Å². The van der Waals surface area contributed by atoms with Crippen LogP contribution in [0.5, 0.6) is 0 Å². The molecule has 2 aromatic carbocycles. The third-order valence-electron chi connectivity index (χ3n) is 3.80. The summed E-state index contributed by atoms with van der Waals surface area (Å²) in [4.78, 5) is 0. The van der Waals surface area contributed by atoms with Gasteiger partial charge in [0.15, 0.2) is 0 Å². The van der Waals surface area contributed by atoms with Crippen LogP contribution in [0.15, 0.2) is 42.5 Å². The summed E-state index contributed by atoms with van der Waals surface area (Å²) in [6.45, 7) is 4.20. The van der Waals surface area contributed by atoms with Crippen molar-refractivity contribution < 1.29 is 0 Å². The van der Waals surface area contributed by atoms with E-state index >= 15 is 0 Å². The van der Waals surface area contributed by atoms with Gasteiger partial charge in [-0.3, -0.25) is 10.5 Å². The van der Waals surface area contributed by atoms with E-state index < -0.39 is 0 Å². The number of aromatic nitrogens is 2. The number of nitrogens with one attached hydrogen (secondary N) is 1. The van der Waals surface area contributed by atoms with Crippen molar-refractivity contribution in [3.8, 4) is 0 Å². The second kappa shape index (κ2) is 5.31. The first-order valence-corrected chi connectivity index (χ1v) is 7.06. The summed E-state index contributed by atoms with van der Waals surface area (Å²) in [5, 5.41) is 5.80. The van der Waals surface area contributed by atoms with Gasteiger partial charge in [-0.05, 0) is 25.5 Å². The normalized spacial score (nSPS) is 12.8. The zero-order chi connectivity index (χ0) is 15.0. The minimum atomic E-state index is -0.116. The van der Waals surface area contributed by atoms with Gasteiger partial charge in [0, 0.05) is 12.4 Å². The Balaban J connectivity index is 2.18. The van der Waals surface area contributed by atoms with Gasteiger partial charge in [0.1, 0.15) is 0 Å². The molecule has 0 radical (unpaired) electrons. The molecule has 0 bridgehead atoms. The van der Waals surface area contributed by atoms with Gasteiger partial charge in [-0.1, -0.05) is 47.5 Å². The van der Waals surface area contributed by atoms with Crippen LogP contribution in [-0.4, -0.2) is 9.78 Å². The highest BCUT2D eigenvalue weighted by molar-refractivity contribution is 5.82. The fourth-order valence-electron chi connectivity index (χ4n) is 2.96. The second-order valence-electron chi connectivity index (χ2n) is 5.55. The molecule has 0 aliphatic heterocycles. The van der Waals surface area contributed by atoms with Crippen LogP contribution in [0.1, 0.15) is 28.4 Å². The van der Waals surface area contributed by atoms with E-state index in [0.29, 0.717) is 0 Å². The number of hydrogen-bond acceptors (Lipinski definition) is 3. The molecule has 0 amide bonds. The lowest BCUT2D eigenvalue weighted by atomic mass is 9.98. The van der Waals surface area contributed by atoms with Crippen molar-refractivity contribution in [3.63, 3.8) is 0 Å². The summed E-state index contributed by atoms with van der Waals surface area (Å²) < 4.78 is 1.90. The van der Waals surface area contributed by atoms with Gasteiger partial charge in [-0.15, -0.1) is 0 Å². The molecule has 21 heavy (non-hydrogen) atoms. The van der Waals surface area contributed by atoms with Crippen molar-refractivity contribution in [3.05, 3.63) is 64.8 Å². The Morgan fingerprint density at radius 2 is 1.76 bits per heavy atom. The molecule has 3 rings (SSSR count). The number of benzene rings is 2. The van der Waals surface area contributed by atoms with Crippen molar-refractivity contribution >= 4 is 10.9 Å². The highest BCUT2D eigenvalue weighted by atomic mass is 15.3. The second-order valence-corrected chi connectivity index (χ2v) is 5.55. The lowest BCUT2D eigenvalue weighted by molar-refractivity contribution is 0.607. The van der Waals surface area contributed by atoms with Crippen molar-refractivity contribution in [2.24, 2.45) is 12.9 Å². The van der Waals surface area contributed by atoms with Crippen molar-refractivity contribution in [1.82, 2.24) is 15.2 Å². The van der Waals surface area contributed by atoms with Crippen LogP contribution >= 0.6 is 0 Å². The molecule has 108 valence electrons. The van der Waals surface area contributed by atoms with Crippen LogP contribution < -0.4 is 11.3 Å². The van der Waals surface area contributed by atoms with Gasteiger partial charge in [0.05, 0.1) is 17.3 Å². The number of nitrogens with two attached hydrogens (primary N) is 1. The first-order valence-electron chi connectivity index (χ1n) is 7.06. The lowest BCUT2D eigenvalue weighted by Gasteiger charge is -2.16. The molecule has 0 spiro atoms. The fraction of sp³-hybridized carbons (Fsp3) is 0.235. The quantitative estimate of drug-likeness (QED) is 0.573. The molecule has 0 aliphatic rings. The third-order valence-corrected chi connectivity index (χ3v) is 3.80. The maximum absolute atomic E-state index is 5.84. The third kappa shape index (κ3) is 2.44. The summed E-state index contributed by atoms with van der Waals surface area (Å²) in [7, 11) is 1.96. The predicted molar refractivity (Wildman–Crippen MR) is 85.8 cm³/mol. The molecule has 4 nitrogen and oxygen atoms in total. The van der Waals surface area contributed by atoms with E-state index in [2.05, 4.69) is 54.7 Å². The molecule has 0 saturated heterocycles. The average Bonchev–Trinajstić information content (AvgIpc) is 2.77. The lowest BCUT2D eigenvalue weighted by Crippen LogP contribution is -2.29. The molecule has 0 fully saturated rings. The zero-order valence-corrected chi connectivity index (χ0v) is 12.6. The first-order chi connectivity index (χ1) is 10.1. The van der Waals surface area contributed by atoms with Crippen molar-refractivity contribution in [2.75, 3.05) is 0 Å². The minimum absolute atomic E-state index is 0.116. The van der Waals surface area contributed by atoms with E-state index in [4.69, 9.17) is 5.84 Å². The molecule has 0 aliphatic carbocycles. The molecular formula is C17H20N4. The molecule has 1 unspecified atom stereocenters. The van der Waals surface area contributed by atoms with Crippen molar-refractivity contribution in [2.45, 2.75) is 19.9 Å². The van der Waals surface area contributed by atoms with Gasteiger partial charge in [0.25, 0.3) is 0 Å². The molecule has 1 aromatic heterocycles. The van der Waals surface area contributed by atoms with E-state index in [1.807, 2.05) is 23.9 Å². The number of rotatable bonds is 3. The number of para-hydroxylation sites is 1. The number of hydrogen-bond donors (Lipinski definition) is 2. The smallest absolute Gasteiger partial charge is 0.0930 e. The molecule has 1 atom stereocenters. The first kappa shape index (κ1) is 13.8. The molecular weight excluding hydrogens is 260 g/mol.